The van der Waals surface area contributed by atoms with Crippen molar-refractivity contribution in [3.05, 3.63) is 59.4 Å². The molecular formula is C19H11ClF3N5O4. The number of aliphatic imine (C=N–C) groups is 1. The summed E-state index contributed by atoms with van der Waals surface area (Å²) in [5.74, 6) is -7.71. The fourth-order valence-electron chi connectivity index (χ4n) is 3.47. The second-order valence-electron chi connectivity index (χ2n) is 6.82. The third-order valence-corrected chi connectivity index (χ3v) is 5.19. The molecule has 1 aromatic heterocycles. The van der Waals surface area contributed by atoms with Gasteiger partial charge in [-0.05, 0) is 36.4 Å². The third kappa shape index (κ3) is 3.19. The Labute approximate surface area is 182 Å². The molecule has 2 atom stereocenters. The van der Waals surface area contributed by atoms with E-state index in [4.69, 9.17) is 11.6 Å². The summed E-state index contributed by atoms with van der Waals surface area (Å²) in [6, 6.07) is 6.67. The molecule has 164 valence electrons. The topological polar surface area (TPSA) is 121 Å². The van der Waals surface area contributed by atoms with Gasteiger partial charge in [0, 0.05) is 17.4 Å². The Kier molecular flexibility index (Phi) is 4.96. The molecule has 2 unspecified atom stereocenters. The maximum absolute atomic E-state index is 14.3. The number of carbonyl (C=O) groups is 4. The summed E-state index contributed by atoms with van der Waals surface area (Å²) in [7, 11) is 0. The molecule has 1 fully saturated rings. The lowest BCUT2D eigenvalue weighted by molar-refractivity contribution is -0.201. The summed E-state index contributed by atoms with van der Waals surface area (Å²) in [5, 5.41) is 3.70. The van der Waals surface area contributed by atoms with Gasteiger partial charge in [0.2, 0.25) is 11.4 Å². The van der Waals surface area contributed by atoms with Crippen molar-refractivity contribution in [3.8, 4) is 0 Å². The van der Waals surface area contributed by atoms with Gasteiger partial charge >= 0.3 is 12.2 Å². The van der Waals surface area contributed by atoms with Crippen LogP contribution >= 0.6 is 11.6 Å². The van der Waals surface area contributed by atoms with E-state index in [0.717, 1.165) is 6.20 Å². The smallest absolute Gasteiger partial charge is 0.329 e. The van der Waals surface area contributed by atoms with Gasteiger partial charge in [-0.3, -0.25) is 24.7 Å². The molecule has 0 bridgehead atoms. The van der Waals surface area contributed by atoms with Crippen LogP contribution in [0.5, 0.6) is 0 Å². The molecule has 5 amide bonds. The standard InChI is InChI=1S/C19H11ClF3N5O4/c20-10-3-5-11(6-4-10)28-13-12(15(30)26-17(28)32)18(16(31)25-13,19(21,22)23)27-14(29)9-2-1-7-24-8-9/h1-8,12H,(H,27,29)(H,26,30,32). The molecule has 0 radical (unpaired) electrons. The second kappa shape index (κ2) is 7.41. The van der Waals surface area contributed by atoms with E-state index >= 15 is 0 Å². The lowest BCUT2D eigenvalue weighted by Gasteiger charge is -2.39. The number of benzene rings is 1. The van der Waals surface area contributed by atoms with E-state index in [-0.39, 0.29) is 16.3 Å². The summed E-state index contributed by atoms with van der Waals surface area (Å²) in [6.45, 7) is 0. The number of urea groups is 1. The van der Waals surface area contributed by atoms with Gasteiger partial charge in [-0.15, -0.1) is 0 Å². The van der Waals surface area contributed by atoms with Crippen molar-refractivity contribution in [2.75, 3.05) is 4.90 Å². The van der Waals surface area contributed by atoms with E-state index in [1.165, 1.54) is 42.6 Å². The van der Waals surface area contributed by atoms with Gasteiger partial charge in [0.25, 0.3) is 11.8 Å². The minimum absolute atomic E-state index is 0.00695. The number of nitrogens with one attached hydrogen (secondary N) is 2. The maximum atomic E-state index is 14.3. The minimum Gasteiger partial charge on any atom is -0.329 e. The van der Waals surface area contributed by atoms with E-state index < -0.39 is 47.2 Å². The zero-order valence-corrected chi connectivity index (χ0v) is 16.4. The highest BCUT2D eigenvalue weighted by atomic mass is 35.5. The maximum Gasteiger partial charge on any atom is 0.422 e. The second-order valence-corrected chi connectivity index (χ2v) is 7.25. The number of fused-ring (bicyclic) bond motifs is 1. The highest BCUT2D eigenvalue weighted by Gasteiger charge is 2.74. The molecule has 3 heterocycles. The number of pyridine rings is 1. The van der Waals surface area contributed by atoms with E-state index in [2.05, 4.69) is 9.98 Å². The van der Waals surface area contributed by atoms with Crippen molar-refractivity contribution in [2.45, 2.75) is 11.7 Å². The molecule has 0 saturated carbocycles. The van der Waals surface area contributed by atoms with Crippen LogP contribution in [0, 0.1) is 5.92 Å². The minimum atomic E-state index is -5.44. The average Bonchev–Trinajstić information content (AvgIpc) is 3.03. The Morgan fingerprint density at radius 2 is 1.84 bits per heavy atom. The number of hydrogen-bond donors (Lipinski definition) is 2. The summed E-state index contributed by atoms with van der Waals surface area (Å²) in [4.78, 5) is 57.9. The first-order chi connectivity index (χ1) is 15.1. The van der Waals surface area contributed by atoms with Crippen LogP contribution in [0.15, 0.2) is 53.8 Å². The fourth-order valence-corrected chi connectivity index (χ4v) is 3.60. The lowest BCUT2D eigenvalue weighted by Crippen LogP contribution is -2.72. The summed E-state index contributed by atoms with van der Waals surface area (Å²) in [6.07, 6.45) is -3.16. The quantitative estimate of drug-likeness (QED) is 0.719. The number of rotatable bonds is 3. The molecule has 0 spiro atoms. The number of aromatic nitrogens is 1. The molecule has 2 aliphatic rings. The highest BCUT2D eigenvalue weighted by molar-refractivity contribution is 6.36. The SMILES string of the molecule is O=C(NC1(C(F)(F)F)C(=O)N=C2C1C(=O)NC(=O)N2c1ccc(Cl)cc1)c1cccnc1. The van der Waals surface area contributed by atoms with Gasteiger partial charge in [0.05, 0.1) is 11.3 Å². The van der Waals surface area contributed by atoms with Crippen LogP contribution in [0.3, 0.4) is 0 Å². The van der Waals surface area contributed by atoms with Gasteiger partial charge in [0.15, 0.2) is 0 Å². The number of nitrogens with zero attached hydrogens (tertiary/aromatic N) is 3. The first kappa shape index (κ1) is 21.4. The van der Waals surface area contributed by atoms with E-state index in [9.17, 15) is 32.3 Å². The van der Waals surface area contributed by atoms with Crippen LogP contribution < -0.4 is 15.5 Å². The van der Waals surface area contributed by atoms with Crippen LogP contribution in [0.1, 0.15) is 10.4 Å². The van der Waals surface area contributed by atoms with Crippen molar-refractivity contribution in [1.82, 2.24) is 15.6 Å². The molecule has 2 aromatic rings. The lowest BCUT2D eigenvalue weighted by atomic mass is 9.81. The predicted molar refractivity (Wildman–Crippen MR) is 104 cm³/mol. The first-order valence-electron chi connectivity index (χ1n) is 8.89. The van der Waals surface area contributed by atoms with Crippen molar-refractivity contribution >= 4 is 46.9 Å². The average molecular weight is 466 g/mol. The Hall–Kier alpha value is -3.80. The number of imide groups is 1. The number of amides is 5. The van der Waals surface area contributed by atoms with E-state index in [1.54, 1.807) is 10.6 Å². The molecule has 1 saturated heterocycles. The molecule has 0 aliphatic carbocycles. The zero-order chi connectivity index (χ0) is 23.3. The molecule has 9 nitrogen and oxygen atoms in total. The van der Waals surface area contributed by atoms with Gasteiger partial charge in [-0.2, -0.15) is 18.2 Å². The van der Waals surface area contributed by atoms with Gasteiger partial charge < -0.3 is 5.32 Å². The highest BCUT2D eigenvalue weighted by Crippen LogP contribution is 2.44. The Balaban J connectivity index is 1.82. The van der Waals surface area contributed by atoms with Crippen LogP contribution in [-0.4, -0.2) is 46.3 Å². The summed E-state index contributed by atoms with van der Waals surface area (Å²) < 4.78 is 43.0. The predicted octanol–water partition coefficient (Wildman–Crippen LogP) is 2.08. The van der Waals surface area contributed by atoms with Crippen molar-refractivity contribution < 1.29 is 32.3 Å². The normalized spacial score (nSPS) is 22.9. The number of hydrogen-bond acceptors (Lipinski definition) is 5. The largest absolute Gasteiger partial charge is 0.422 e. The number of carbonyl (C=O) groups excluding carboxylic acids is 4. The monoisotopic (exact) mass is 465 g/mol. The number of amidine groups is 1. The van der Waals surface area contributed by atoms with Crippen LogP contribution in [0.25, 0.3) is 0 Å². The summed E-state index contributed by atoms with van der Waals surface area (Å²) in [5.41, 5.74) is -4.00. The molecular weight excluding hydrogens is 455 g/mol. The van der Waals surface area contributed by atoms with E-state index in [1.807, 2.05) is 0 Å². The third-order valence-electron chi connectivity index (χ3n) is 4.94. The van der Waals surface area contributed by atoms with Crippen molar-refractivity contribution in [3.63, 3.8) is 0 Å². The van der Waals surface area contributed by atoms with Gasteiger partial charge in [0.1, 0.15) is 11.8 Å². The molecule has 13 heteroatoms. The fraction of sp³-hybridized carbons (Fsp3) is 0.158. The molecule has 4 rings (SSSR count). The van der Waals surface area contributed by atoms with E-state index in [0.29, 0.717) is 4.90 Å². The molecule has 2 aliphatic heterocycles. The Morgan fingerprint density at radius 3 is 2.44 bits per heavy atom. The Morgan fingerprint density at radius 1 is 1.16 bits per heavy atom. The number of anilines is 1. The van der Waals surface area contributed by atoms with Crippen LogP contribution in [0.2, 0.25) is 5.02 Å². The van der Waals surface area contributed by atoms with Gasteiger partial charge in [-0.25, -0.2) is 9.69 Å². The van der Waals surface area contributed by atoms with Crippen molar-refractivity contribution in [2.24, 2.45) is 10.9 Å². The van der Waals surface area contributed by atoms with Crippen LogP contribution in [-0.2, 0) is 9.59 Å². The number of alkyl halides is 3. The Bertz CT molecular complexity index is 1170. The zero-order valence-electron chi connectivity index (χ0n) is 15.7. The summed E-state index contributed by atoms with van der Waals surface area (Å²) >= 11 is 5.81. The first-order valence-corrected chi connectivity index (χ1v) is 9.27. The number of halogens is 4. The molecule has 2 N–H and O–H groups in total. The van der Waals surface area contributed by atoms with Gasteiger partial charge in [-0.1, -0.05) is 11.6 Å². The van der Waals surface area contributed by atoms with Crippen molar-refractivity contribution in [1.29, 1.82) is 0 Å². The molecule has 1 aromatic carbocycles. The van der Waals surface area contributed by atoms with Crippen LogP contribution in [0.4, 0.5) is 23.7 Å². The molecule has 32 heavy (non-hydrogen) atoms.